The van der Waals surface area contributed by atoms with Crippen molar-refractivity contribution in [1.82, 2.24) is 16.2 Å². The summed E-state index contributed by atoms with van der Waals surface area (Å²) in [6.07, 6.45) is 5.79. The molecule has 0 atom stereocenters. The minimum atomic E-state index is -0.792. The van der Waals surface area contributed by atoms with E-state index in [4.69, 9.17) is 0 Å². The smallest absolute Gasteiger partial charge is 0.311 e. The van der Waals surface area contributed by atoms with Gasteiger partial charge in [-0.15, -0.1) is 0 Å². The maximum Gasteiger partial charge on any atom is 0.335 e. The van der Waals surface area contributed by atoms with Gasteiger partial charge in [-0.1, -0.05) is 19.3 Å². The standard InChI is InChI=1S/C12H23N5O2/c1-9(18)14-16-11(19)13-12(2,3)17-15-10-7-5-4-6-8-10/h10H,4-8H2,1-3H3,(H,14,18)(H2,13,16,19)/b17-15+. The lowest BCUT2D eigenvalue weighted by atomic mass is 9.96. The monoisotopic (exact) mass is 269 g/mol. The number of carbonyl (C=O) groups is 2. The summed E-state index contributed by atoms with van der Waals surface area (Å²) in [7, 11) is 0. The quantitative estimate of drug-likeness (QED) is 0.538. The van der Waals surface area contributed by atoms with E-state index in [0.29, 0.717) is 0 Å². The van der Waals surface area contributed by atoms with Crippen LogP contribution in [0.4, 0.5) is 4.79 Å². The van der Waals surface area contributed by atoms with Crippen LogP contribution in [0.5, 0.6) is 0 Å². The summed E-state index contributed by atoms with van der Waals surface area (Å²) in [5.41, 5.74) is 3.63. The summed E-state index contributed by atoms with van der Waals surface area (Å²) >= 11 is 0. The van der Waals surface area contributed by atoms with Gasteiger partial charge in [0.2, 0.25) is 5.91 Å². The molecule has 1 fully saturated rings. The highest BCUT2D eigenvalue weighted by molar-refractivity contribution is 5.79. The van der Waals surface area contributed by atoms with Crippen LogP contribution in [0.15, 0.2) is 10.2 Å². The van der Waals surface area contributed by atoms with Crippen molar-refractivity contribution in [2.45, 2.75) is 64.6 Å². The molecule has 0 aromatic rings. The Hall–Kier alpha value is -1.66. The number of rotatable bonds is 3. The Labute approximate surface area is 113 Å². The molecule has 0 heterocycles. The molecular weight excluding hydrogens is 246 g/mol. The Balaban J connectivity index is 2.38. The second-order valence-electron chi connectivity index (χ2n) is 5.33. The number of amides is 3. The first-order valence-electron chi connectivity index (χ1n) is 6.66. The van der Waals surface area contributed by atoms with E-state index in [1.807, 2.05) is 0 Å². The first-order chi connectivity index (χ1) is 8.89. The molecule has 0 aromatic heterocycles. The molecular formula is C12H23N5O2. The Morgan fingerprint density at radius 1 is 1.11 bits per heavy atom. The van der Waals surface area contributed by atoms with E-state index in [2.05, 4.69) is 26.4 Å². The molecule has 0 bridgehead atoms. The maximum absolute atomic E-state index is 11.5. The summed E-state index contributed by atoms with van der Waals surface area (Å²) in [6, 6.07) is -0.240. The fourth-order valence-corrected chi connectivity index (χ4v) is 1.90. The van der Waals surface area contributed by atoms with Crippen LogP contribution in [0, 0.1) is 0 Å². The first kappa shape index (κ1) is 15.4. The van der Waals surface area contributed by atoms with Crippen LogP contribution >= 0.6 is 0 Å². The number of hydrazine groups is 1. The van der Waals surface area contributed by atoms with E-state index < -0.39 is 11.7 Å². The number of urea groups is 1. The molecule has 0 radical (unpaired) electrons. The molecule has 1 aliphatic carbocycles. The van der Waals surface area contributed by atoms with Crippen LogP contribution in [0.1, 0.15) is 52.9 Å². The predicted molar refractivity (Wildman–Crippen MR) is 71.3 cm³/mol. The number of hydrogen-bond acceptors (Lipinski definition) is 4. The Morgan fingerprint density at radius 2 is 1.74 bits per heavy atom. The van der Waals surface area contributed by atoms with Gasteiger partial charge in [-0.3, -0.25) is 10.2 Å². The maximum atomic E-state index is 11.5. The normalized spacial score (nSPS) is 17.2. The molecule has 7 nitrogen and oxygen atoms in total. The van der Waals surface area contributed by atoms with Crippen LogP contribution in [-0.2, 0) is 4.79 Å². The van der Waals surface area contributed by atoms with Gasteiger partial charge in [0.25, 0.3) is 0 Å². The zero-order valence-electron chi connectivity index (χ0n) is 11.8. The molecule has 3 amide bonds. The van der Waals surface area contributed by atoms with Crippen LogP contribution in [0.25, 0.3) is 0 Å². The summed E-state index contributed by atoms with van der Waals surface area (Å²) < 4.78 is 0. The highest BCUT2D eigenvalue weighted by atomic mass is 16.2. The van der Waals surface area contributed by atoms with E-state index >= 15 is 0 Å². The number of azo groups is 1. The van der Waals surface area contributed by atoms with Crippen LogP contribution in [0.3, 0.4) is 0 Å². The molecule has 108 valence electrons. The van der Waals surface area contributed by atoms with E-state index in [-0.39, 0.29) is 11.9 Å². The van der Waals surface area contributed by atoms with Crippen molar-refractivity contribution < 1.29 is 9.59 Å². The van der Waals surface area contributed by atoms with Crippen molar-refractivity contribution >= 4 is 11.9 Å². The van der Waals surface area contributed by atoms with Crippen molar-refractivity contribution in [3.63, 3.8) is 0 Å². The van der Waals surface area contributed by atoms with Gasteiger partial charge in [0.15, 0.2) is 0 Å². The average Bonchev–Trinajstić information content (AvgIpc) is 2.35. The SMILES string of the molecule is CC(=O)NNC(=O)NC(C)(C)/N=N/C1CCCCC1. The number of nitrogens with one attached hydrogen (secondary N) is 3. The van der Waals surface area contributed by atoms with E-state index in [1.54, 1.807) is 13.8 Å². The van der Waals surface area contributed by atoms with Crippen molar-refractivity contribution in [3.8, 4) is 0 Å². The zero-order chi connectivity index (χ0) is 14.3. The fourth-order valence-electron chi connectivity index (χ4n) is 1.90. The van der Waals surface area contributed by atoms with Crippen molar-refractivity contribution in [2.24, 2.45) is 10.2 Å². The highest BCUT2D eigenvalue weighted by Crippen LogP contribution is 2.21. The van der Waals surface area contributed by atoms with Crippen molar-refractivity contribution in [3.05, 3.63) is 0 Å². The molecule has 3 N–H and O–H groups in total. The summed E-state index contributed by atoms with van der Waals surface area (Å²) in [5, 5.41) is 11.1. The van der Waals surface area contributed by atoms with Crippen LogP contribution in [-0.4, -0.2) is 23.6 Å². The molecule has 0 aromatic carbocycles. The minimum Gasteiger partial charge on any atom is -0.311 e. The van der Waals surface area contributed by atoms with E-state index in [9.17, 15) is 9.59 Å². The molecule has 1 rings (SSSR count). The molecule has 0 spiro atoms. The van der Waals surface area contributed by atoms with E-state index in [0.717, 1.165) is 12.8 Å². The van der Waals surface area contributed by atoms with Gasteiger partial charge in [0.1, 0.15) is 5.66 Å². The Morgan fingerprint density at radius 3 is 2.32 bits per heavy atom. The lowest BCUT2D eigenvalue weighted by Crippen LogP contribution is -2.52. The number of hydrogen-bond donors (Lipinski definition) is 3. The van der Waals surface area contributed by atoms with Gasteiger partial charge < -0.3 is 5.32 Å². The topological polar surface area (TPSA) is 95.0 Å². The second-order valence-corrected chi connectivity index (χ2v) is 5.33. The highest BCUT2D eigenvalue weighted by Gasteiger charge is 2.21. The summed E-state index contributed by atoms with van der Waals surface area (Å²) in [4.78, 5) is 22.1. The van der Waals surface area contributed by atoms with Crippen LogP contribution < -0.4 is 16.2 Å². The third-order valence-corrected chi connectivity index (χ3v) is 2.82. The molecule has 1 saturated carbocycles. The lowest BCUT2D eigenvalue weighted by Gasteiger charge is -2.22. The number of carbonyl (C=O) groups excluding carboxylic acids is 2. The lowest BCUT2D eigenvalue weighted by molar-refractivity contribution is -0.119. The van der Waals surface area contributed by atoms with Gasteiger partial charge in [-0.05, 0) is 26.7 Å². The molecule has 0 unspecified atom stereocenters. The fraction of sp³-hybridized carbons (Fsp3) is 0.833. The number of nitrogens with zero attached hydrogens (tertiary/aromatic N) is 2. The van der Waals surface area contributed by atoms with Gasteiger partial charge >= 0.3 is 6.03 Å². The largest absolute Gasteiger partial charge is 0.335 e. The average molecular weight is 269 g/mol. The molecule has 0 saturated heterocycles. The predicted octanol–water partition coefficient (Wildman–Crippen LogP) is 1.86. The zero-order valence-corrected chi connectivity index (χ0v) is 11.8. The van der Waals surface area contributed by atoms with Crippen molar-refractivity contribution in [2.75, 3.05) is 0 Å². The molecule has 1 aliphatic rings. The van der Waals surface area contributed by atoms with Gasteiger partial charge in [0, 0.05) is 6.92 Å². The van der Waals surface area contributed by atoms with Gasteiger partial charge in [0.05, 0.1) is 6.04 Å². The molecule has 0 aliphatic heterocycles. The third-order valence-electron chi connectivity index (χ3n) is 2.82. The second kappa shape index (κ2) is 7.06. The van der Waals surface area contributed by atoms with Gasteiger partial charge in [-0.25, -0.2) is 10.2 Å². The molecule has 19 heavy (non-hydrogen) atoms. The summed E-state index contributed by atoms with van der Waals surface area (Å²) in [5.74, 6) is -0.336. The molecule has 7 heteroatoms. The van der Waals surface area contributed by atoms with Crippen molar-refractivity contribution in [1.29, 1.82) is 0 Å². The Bertz CT molecular complexity index is 348. The van der Waals surface area contributed by atoms with Crippen LogP contribution in [0.2, 0.25) is 0 Å². The first-order valence-corrected chi connectivity index (χ1v) is 6.66. The Kier molecular flexibility index (Phi) is 5.72. The minimum absolute atomic E-state index is 0.272. The summed E-state index contributed by atoms with van der Waals surface area (Å²) in [6.45, 7) is 4.83. The van der Waals surface area contributed by atoms with Gasteiger partial charge in [-0.2, -0.15) is 10.2 Å². The third kappa shape index (κ3) is 6.73. The van der Waals surface area contributed by atoms with E-state index in [1.165, 1.54) is 26.2 Å².